The maximum absolute atomic E-state index is 7.33. The van der Waals surface area contributed by atoms with Crippen molar-refractivity contribution in [2.75, 3.05) is 0 Å². The van der Waals surface area contributed by atoms with Crippen molar-refractivity contribution in [3.05, 3.63) is 0 Å². The summed E-state index contributed by atoms with van der Waals surface area (Å²) in [5.41, 5.74) is 0. The van der Waals surface area contributed by atoms with Crippen LogP contribution in [0, 0.1) is 0 Å². The molecule has 8 heteroatoms. The molecule has 0 spiro atoms. The third kappa shape index (κ3) is 63.9. The van der Waals surface area contributed by atoms with E-state index < -0.39 is 9.05 Å². The van der Waals surface area contributed by atoms with Crippen LogP contribution in [-0.2, 0) is 0 Å². The molecule has 46 valence electrons. The molecule has 0 saturated heterocycles. The van der Waals surface area contributed by atoms with E-state index in [1.165, 1.54) is 0 Å². The molecule has 0 unspecified atom stereocenters. The summed E-state index contributed by atoms with van der Waals surface area (Å²) in [5.74, 6) is 0. The van der Waals surface area contributed by atoms with E-state index in [1.807, 2.05) is 0 Å². The van der Waals surface area contributed by atoms with Gasteiger partial charge in [0.05, 0.1) is 0 Å². The Labute approximate surface area is 114 Å². The summed E-state index contributed by atoms with van der Waals surface area (Å²) in [6.07, 6.45) is 0. The van der Waals surface area contributed by atoms with Crippen molar-refractivity contribution in [3.8, 4) is 0 Å². The minimum absolute atomic E-state index is 0. The van der Waals surface area contributed by atoms with E-state index in [9.17, 15) is 0 Å². The second kappa shape index (κ2) is 10.0. The van der Waals surface area contributed by atoms with Crippen LogP contribution in [0.15, 0.2) is 0 Å². The van der Waals surface area contributed by atoms with Crippen LogP contribution in [-0.4, -0.2) is 116 Å². The molecule has 0 aromatic carbocycles. The quantitative estimate of drug-likeness (QED) is 0.320. The van der Waals surface area contributed by atoms with Crippen LogP contribution in [0.4, 0.5) is 0 Å². The Kier molecular flexibility index (Phi) is 28.1. The first kappa shape index (κ1) is 22.4. The second-order valence-corrected chi connectivity index (χ2v) is 1.80. The molecule has 0 aliphatic heterocycles. The fourth-order valence-corrected chi connectivity index (χ4v) is 0. The zero-order valence-electron chi connectivity index (χ0n) is 3.00. The van der Waals surface area contributed by atoms with Crippen LogP contribution in [0.3, 0.4) is 0 Å². The average Bonchev–Trinajstić information content (AvgIpc) is 0.722. The molecular formula is H10CaMgO4PbSi. The second-order valence-electron chi connectivity index (χ2n) is 0.600. The van der Waals surface area contributed by atoms with Gasteiger partial charge < -0.3 is 19.2 Å². The molecule has 0 aromatic rings. The fraction of sp³-hybridized carbons (Fsp3) is 0. The van der Waals surface area contributed by atoms with Gasteiger partial charge in [0.25, 0.3) is 0 Å². The van der Waals surface area contributed by atoms with Crippen molar-refractivity contribution in [1.29, 1.82) is 0 Å². The van der Waals surface area contributed by atoms with Crippen molar-refractivity contribution >= 4 is 97.1 Å². The van der Waals surface area contributed by atoms with Crippen molar-refractivity contribution < 1.29 is 19.2 Å². The molecule has 0 atom stereocenters. The first-order valence-electron chi connectivity index (χ1n) is 0.894. The molecule has 2 radical (unpaired) electrons. The van der Waals surface area contributed by atoms with E-state index in [0.29, 0.717) is 0 Å². The number of hydrogen-bond acceptors (Lipinski definition) is 4. The molecule has 0 saturated carbocycles. The Balaban J connectivity index is -0.0000000267. The Hall–Kier alpha value is 3.00. The molecule has 0 bridgehead atoms. The summed E-state index contributed by atoms with van der Waals surface area (Å²) >= 11 is 0. The monoisotopic (exact) mass is 374 g/mol. The molecule has 0 heterocycles. The maximum atomic E-state index is 7.33. The van der Waals surface area contributed by atoms with Crippen LogP contribution in [0.1, 0.15) is 0 Å². The minimum atomic E-state index is -4.61. The van der Waals surface area contributed by atoms with E-state index in [1.54, 1.807) is 0 Å². The Morgan fingerprint density at radius 1 is 0.875 bits per heavy atom. The fourth-order valence-electron chi connectivity index (χ4n) is 0. The van der Waals surface area contributed by atoms with Crippen LogP contribution >= 0.6 is 0 Å². The first-order chi connectivity index (χ1) is 2.00. The summed E-state index contributed by atoms with van der Waals surface area (Å²) in [6, 6.07) is 0. The van der Waals surface area contributed by atoms with Gasteiger partial charge in [0.15, 0.2) is 0 Å². The summed E-state index contributed by atoms with van der Waals surface area (Å²) in [7, 11) is -4.61. The summed E-state index contributed by atoms with van der Waals surface area (Å²) < 4.78 is 0. The van der Waals surface area contributed by atoms with Gasteiger partial charge in [0.1, 0.15) is 0 Å². The molecular weight excluding hydrogens is 364 g/mol. The molecule has 4 nitrogen and oxygen atoms in total. The Morgan fingerprint density at radius 3 is 0.875 bits per heavy atom. The standard InChI is InChI=1S/Ca.Mg.H4O4Si.Pb.6H/c;;1-5(2,3)4;;;;;;;/h;;1-4H;;;;;;;. The van der Waals surface area contributed by atoms with Crippen molar-refractivity contribution in [2.45, 2.75) is 0 Å². The summed E-state index contributed by atoms with van der Waals surface area (Å²) in [4.78, 5) is 29.3. The molecule has 0 rings (SSSR count). The summed E-state index contributed by atoms with van der Waals surface area (Å²) in [6.45, 7) is 0. The van der Waals surface area contributed by atoms with Gasteiger partial charge in [-0.05, 0) is 0 Å². The van der Waals surface area contributed by atoms with Gasteiger partial charge in [-0.15, -0.1) is 0 Å². The summed E-state index contributed by atoms with van der Waals surface area (Å²) in [5, 5.41) is 0. The molecule has 0 fully saturated rings. The van der Waals surface area contributed by atoms with Crippen LogP contribution in [0.25, 0.3) is 0 Å². The molecule has 0 aliphatic rings. The van der Waals surface area contributed by atoms with Gasteiger partial charge in [-0.25, -0.2) is 0 Å². The third-order valence-electron chi connectivity index (χ3n) is 0. The van der Waals surface area contributed by atoms with Crippen molar-refractivity contribution in [1.82, 2.24) is 0 Å². The third-order valence-corrected chi connectivity index (χ3v) is 0. The van der Waals surface area contributed by atoms with E-state index in [0.717, 1.165) is 0 Å². The normalized spacial score (nSPS) is 7.50. The van der Waals surface area contributed by atoms with Gasteiger partial charge in [0, 0.05) is 0 Å². The van der Waals surface area contributed by atoms with Crippen molar-refractivity contribution in [2.24, 2.45) is 0 Å². The zero-order valence-corrected chi connectivity index (χ0v) is 9.49. The molecule has 0 aromatic heterocycles. The Bertz CT molecular complexity index is 31.5. The predicted molar refractivity (Wildman–Crippen MR) is 40.3 cm³/mol. The van der Waals surface area contributed by atoms with Gasteiger partial charge in [0.2, 0.25) is 0 Å². The van der Waals surface area contributed by atoms with E-state index in [4.69, 9.17) is 19.2 Å². The van der Waals surface area contributed by atoms with Gasteiger partial charge in [-0.1, -0.05) is 0 Å². The zero-order chi connectivity index (χ0) is 4.50. The molecule has 8 heavy (non-hydrogen) atoms. The van der Waals surface area contributed by atoms with Gasteiger partial charge >= 0.3 is 97.1 Å². The number of rotatable bonds is 0. The SMILES string of the molecule is O[Si](O)(O)O.[CaH2].[MgH2].[PbH2]. The van der Waals surface area contributed by atoms with Crippen LogP contribution in [0.2, 0.25) is 0 Å². The van der Waals surface area contributed by atoms with Crippen molar-refractivity contribution in [3.63, 3.8) is 0 Å². The molecule has 0 amide bonds. The average molecular weight is 374 g/mol. The molecule has 4 N–H and O–H groups in total. The van der Waals surface area contributed by atoms with E-state index >= 15 is 0 Å². The van der Waals surface area contributed by atoms with Gasteiger partial charge in [-0.2, -0.15) is 0 Å². The van der Waals surface area contributed by atoms with E-state index in [-0.39, 0.29) is 88.1 Å². The Morgan fingerprint density at radius 2 is 0.875 bits per heavy atom. The molecule has 0 aliphatic carbocycles. The van der Waals surface area contributed by atoms with Gasteiger partial charge in [-0.3, -0.25) is 0 Å². The number of hydrogen-bond donors (Lipinski definition) is 4. The van der Waals surface area contributed by atoms with Crippen LogP contribution < -0.4 is 0 Å². The first-order valence-corrected chi connectivity index (χ1v) is 2.68. The predicted octanol–water partition coefficient (Wildman–Crippen LogP) is -5.36. The van der Waals surface area contributed by atoms with E-state index in [2.05, 4.69) is 0 Å². The van der Waals surface area contributed by atoms with Crippen LogP contribution in [0.5, 0.6) is 0 Å². The topological polar surface area (TPSA) is 80.9 Å².